The Labute approximate surface area is 112 Å². The molecule has 19 heavy (non-hydrogen) atoms. The molecule has 0 unspecified atom stereocenters. The molecule has 0 aliphatic carbocycles. The number of sulfone groups is 2. The summed E-state index contributed by atoms with van der Waals surface area (Å²) in [5, 5.41) is 0. The molecular formula is C11H14N2O4S2. The van der Waals surface area contributed by atoms with E-state index in [-0.39, 0.29) is 4.90 Å². The van der Waals surface area contributed by atoms with Crippen LogP contribution in [-0.2, 0) is 26.1 Å². The summed E-state index contributed by atoms with van der Waals surface area (Å²) >= 11 is 0. The monoisotopic (exact) mass is 302 g/mol. The number of hydrogen-bond donors (Lipinski definition) is 0. The average molecular weight is 302 g/mol. The van der Waals surface area contributed by atoms with Crippen molar-refractivity contribution in [1.29, 1.82) is 0 Å². The highest BCUT2D eigenvalue weighted by Gasteiger charge is 2.41. The lowest BCUT2D eigenvalue weighted by molar-refractivity contribution is 0.00382. The van der Waals surface area contributed by atoms with Crippen molar-refractivity contribution in [3.8, 4) is 0 Å². The smallest absolute Gasteiger partial charge is 0.359 e. The molecule has 0 saturated heterocycles. The first-order valence-electron chi connectivity index (χ1n) is 5.58. The third-order valence-electron chi connectivity index (χ3n) is 2.60. The zero-order valence-corrected chi connectivity index (χ0v) is 12.2. The van der Waals surface area contributed by atoms with Gasteiger partial charge in [-0.15, -0.1) is 4.79 Å². The second-order valence-electron chi connectivity index (χ2n) is 3.77. The van der Waals surface area contributed by atoms with Crippen LogP contribution in [0.3, 0.4) is 0 Å². The van der Waals surface area contributed by atoms with E-state index in [0.717, 1.165) is 12.0 Å². The van der Waals surface area contributed by atoms with Crippen molar-refractivity contribution in [2.24, 2.45) is 0 Å². The van der Waals surface area contributed by atoms with Crippen LogP contribution in [0.15, 0.2) is 29.2 Å². The zero-order chi connectivity index (χ0) is 14.7. The molecule has 0 fully saturated rings. The summed E-state index contributed by atoms with van der Waals surface area (Å²) in [6, 6.07) is 5.76. The molecule has 0 amide bonds. The van der Waals surface area contributed by atoms with Gasteiger partial charge in [-0.2, -0.15) is 0 Å². The Bertz CT molecular complexity index is 712. The van der Waals surface area contributed by atoms with Gasteiger partial charge in [0.05, 0.1) is 10.6 Å². The van der Waals surface area contributed by atoms with Crippen LogP contribution in [0.25, 0.3) is 5.53 Å². The SMILES string of the molecule is CCc1ccc(S(=O)(=O)C(=[N+]=[N-])S(=O)(=O)CC)cc1. The fourth-order valence-corrected chi connectivity index (χ4v) is 4.57. The molecule has 104 valence electrons. The summed E-state index contributed by atoms with van der Waals surface area (Å²) in [4.78, 5) is 2.25. The summed E-state index contributed by atoms with van der Waals surface area (Å²) in [6.07, 6.45) is 0.731. The van der Waals surface area contributed by atoms with Crippen molar-refractivity contribution in [3.05, 3.63) is 35.4 Å². The van der Waals surface area contributed by atoms with Gasteiger partial charge in [-0.05, 0) is 24.1 Å². The molecule has 0 radical (unpaired) electrons. The standard InChI is InChI=1S/C11H14N2O4S2/c1-3-9-5-7-10(8-6-9)19(16,17)11(13-12)18(14,15)4-2/h5-8H,3-4H2,1-2H3. The van der Waals surface area contributed by atoms with Gasteiger partial charge in [0.1, 0.15) is 0 Å². The Morgan fingerprint density at radius 1 is 1.11 bits per heavy atom. The number of nitrogens with zero attached hydrogens (tertiary/aromatic N) is 2. The molecule has 0 N–H and O–H groups in total. The Morgan fingerprint density at radius 2 is 1.63 bits per heavy atom. The van der Waals surface area contributed by atoms with Crippen LogP contribution in [0, 0.1) is 0 Å². The third kappa shape index (κ3) is 3.09. The molecule has 8 heteroatoms. The largest absolute Gasteiger partial charge is 0.499 e. The third-order valence-corrected chi connectivity index (χ3v) is 6.83. The Morgan fingerprint density at radius 3 is 2.00 bits per heavy atom. The van der Waals surface area contributed by atoms with E-state index in [0.29, 0.717) is 0 Å². The Balaban J connectivity index is 3.42. The van der Waals surface area contributed by atoms with Crippen molar-refractivity contribution in [2.75, 3.05) is 5.75 Å². The van der Waals surface area contributed by atoms with Crippen LogP contribution in [0.5, 0.6) is 0 Å². The minimum absolute atomic E-state index is 0.213. The summed E-state index contributed by atoms with van der Waals surface area (Å²) in [6.45, 7) is 3.18. The van der Waals surface area contributed by atoms with Crippen LogP contribution >= 0.6 is 0 Å². The number of rotatable bonds is 3. The van der Waals surface area contributed by atoms with Gasteiger partial charge in [0, 0.05) is 0 Å². The van der Waals surface area contributed by atoms with Gasteiger partial charge >= 0.3 is 4.38 Å². The number of aryl methyl sites for hydroxylation is 1. The molecule has 1 aromatic carbocycles. The van der Waals surface area contributed by atoms with Crippen molar-refractivity contribution >= 4 is 24.1 Å². The normalized spacial score (nSPS) is 11.9. The molecular weight excluding hydrogens is 288 g/mol. The predicted molar refractivity (Wildman–Crippen MR) is 71.1 cm³/mol. The van der Waals surface area contributed by atoms with Crippen LogP contribution in [-0.4, -0.2) is 31.8 Å². The molecule has 0 aliphatic heterocycles. The van der Waals surface area contributed by atoms with Gasteiger partial charge in [0.15, 0.2) is 0 Å². The fourth-order valence-electron chi connectivity index (χ4n) is 1.41. The summed E-state index contributed by atoms with van der Waals surface area (Å²) in [5.41, 5.74) is 9.64. The van der Waals surface area contributed by atoms with E-state index < -0.39 is 29.8 Å². The van der Waals surface area contributed by atoms with E-state index in [1.165, 1.54) is 19.1 Å². The summed E-state index contributed by atoms with van der Waals surface area (Å²) in [7, 11) is -8.45. The van der Waals surface area contributed by atoms with E-state index in [2.05, 4.69) is 4.79 Å². The zero-order valence-electron chi connectivity index (χ0n) is 10.6. The molecule has 1 rings (SSSR count). The molecule has 0 saturated carbocycles. The van der Waals surface area contributed by atoms with Gasteiger partial charge in [-0.3, -0.25) is 0 Å². The second-order valence-corrected chi connectivity index (χ2v) is 8.09. The maximum atomic E-state index is 12.1. The average Bonchev–Trinajstić information content (AvgIpc) is 2.39. The maximum Gasteiger partial charge on any atom is 0.499 e. The van der Waals surface area contributed by atoms with E-state index in [4.69, 9.17) is 5.53 Å². The summed E-state index contributed by atoms with van der Waals surface area (Å²) < 4.78 is 46.2. The molecule has 0 spiro atoms. The number of hydrogen-bond acceptors (Lipinski definition) is 4. The van der Waals surface area contributed by atoms with Crippen molar-refractivity contribution in [3.63, 3.8) is 0 Å². The fraction of sp³-hybridized carbons (Fsp3) is 0.364. The highest BCUT2D eigenvalue weighted by molar-refractivity contribution is 8.31. The molecule has 0 bridgehead atoms. The van der Waals surface area contributed by atoms with Gasteiger partial charge in [0.2, 0.25) is 0 Å². The highest BCUT2D eigenvalue weighted by atomic mass is 32.3. The molecule has 0 atom stereocenters. The van der Waals surface area contributed by atoms with Crippen LogP contribution in [0.4, 0.5) is 0 Å². The van der Waals surface area contributed by atoms with Crippen LogP contribution in [0.1, 0.15) is 19.4 Å². The van der Waals surface area contributed by atoms with Gasteiger partial charge in [-0.25, -0.2) is 16.8 Å². The molecule has 1 aromatic rings. The minimum atomic E-state index is -4.33. The minimum Gasteiger partial charge on any atom is -0.359 e. The van der Waals surface area contributed by atoms with Crippen molar-refractivity contribution in [1.82, 2.24) is 0 Å². The highest BCUT2D eigenvalue weighted by Crippen LogP contribution is 2.16. The first kappa shape index (κ1) is 15.6. The van der Waals surface area contributed by atoms with Gasteiger partial charge in [-0.1, -0.05) is 26.0 Å². The second kappa shape index (κ2) is 5.64. The molecule has 0 heterocycles. The van der Waals surface area contributed by atoms with E-state index in [1.807, 2.05) is 6.92 Å². The topological polar surface area (TPSA) is 105 Å². The molecule has 0 aromatic heterocycles. The number of benzene rings is 1. The lowest BCUT2D eigenvalue weighted by Gasteiger charge is -2.01. The van der Waals surface area contributed by atoms with E-state index in [9.17, 15) is 16.8 Å². The van der Waals surface area contributed by atoms with Crippen molar-refractivity contribution < 1.29 is 21.6 Å². The molecule has 6 nitrogen and oxygen atoms in total. The van der Waals surface area contributed by atoms with E-state index >= 15 is 0 Å². The van der Waals surface area contributed by atoms with Crippen LogP contribution in [0.2, 0.25) is 0 Å². The quantitative estimate of drug-likeness (QED) is 0.360. The van der Waals surface area contributed by atoms with Crippen molar-refractivity contribution in [2.45, 2.75) is 25.2 Å². The molecule has 0 aliphatic rings. The predicted octanol–water partition coefficient (Wildman–Crippen LogP) is 1.04. The first-order valence-corrected chi connectivity index (χ1v) is 8.72. The summed E-state index contributed by atoms with van der Waals surface area (Å²) in [5.74, 6) is -0.460. The van der Waals surface area contributed by atoms with Gasteiger partial charge in [0.25, 0.3) is 19.7 Å². The first-order chi connectivity index (χ1) is 8.79. The Kier molecular flexibility index (Phi) is 4.62. The Hall–Kier alpha value is -1.50. The maximum absolute atomic E-state index is 12.1. The lowest BCUT2D eigenvalue weighted by Crippen LogP contribution is -2.27. The van der Waals surface area contributed by atoms with Gasteiger partial charge < -0.3 is 5.53 Å². The van der Waals surface area contributed by atoms with E-state index in [1.54, 1.807) is 12.1 Å². The lowest BCUT2D eigenvalue weighted by atomic mass is 10.2. The van der Waals surface area contributed by atoms with Crippen LogP contribution < -0.4 is 0 Å².